The van der Waals surface area contributed by atoms with E-state index in [2.05, 4.69) is 0 Å². The molecule has 1 heteroatoms. The Morgan fingerprint density at radius 2 is 2.40 bits per heavy atom. The molecule has 28 valence electrons. The number of hydrogen-bond donors (Lipinski definition) is 0. The molecule has 0 aromatic heterocycles. The van der Waals surface area contributed by atoms with Gasteiger partial charge in [-0.2, -0.15) is 0 Å². The fourth-order valence-corrected chi connectivity index (χ4v) is 3.05. The molecule has 0 bridgehead atoms. The zero-order valence-electron chi connectivity index (χ0n) is 3.15. The molecular formula is C4H7P. The summed E-state index contributed by atoms with van der Waals surface area (Å²) in [7, 11) is 0.749. The summed E-state index contributed by atoms with van der Waals surface area (Å²) in [5.41, 5.74) is 1.30. The molecule has 0 N–H and O–H groups in total. The molecule has 0 aromatic carbocycles. The lowest BCUT2D eigenvalue weighted by Gasteiger charge is -2.05. The van der Waals surface area contributed by atoms with E-state index in [-0.39, 0.29) is 0 Å². The van der Waals surface area contributed by atoms with Gasteiger partial charge in [-0.25, -0.2) is 0 Å². The van der Waals surface area contributed by atoms with Gasteiger partial charge < -0.3 is 0 Å². The molecule has 2 saturated heterocycles. The smallest absolute Gasteiger partial charge is 0.0166 e. The largest absolute Gasteiger partial charge is 0.103 e. The maximum absolute atomic E-state index is 1.65. The highest BCUT2D eigenvalue weighted by molar-refractivity contribution is 7.68. The summed E-state index contributed by atoms with van der Waals surface area (Å²) in [6.07, 6.45) is 4.86. The fraction of sp³-hybridized carbons (Fsp3) is 1.00. The van der Waals surface area contributed by atoms with E-state index in [1.54, 1.807) is 18.7 Å². The summed E-state index contributed by atoms with van der Waals surface area (Å²) in [6.45, 7) is 0. The molecule has 0 aromatic rings. The van der Waals surface area contributed by atoms with Gasteiger partial charge in [0.2, 0.25) is 0 Å². The van der Waals surface area contributed by atoms with Crippen LogP contribution in [0.3, 0.4) is 0 Å². The third kappa shape index (κ3) is 0.200. The predicted octanol–water partition coefficient (Wildman–Crippen LogP) is 1.25. The monoisotopic (exact) mass is 86.0 g/mol. The van der Waals surface area contributed by atoms with Gasteiger partial charge in [0.15, 0.2) is 0 Å². The van der Waals surface area contributed by atoms with E-state index in [1.165, 1.54) is 5.66 Å². The van der Waals surface area contributed by atoms with Crippen LogP contribution >= 0.6 is 7.92 Å². The highest BCUT2D eigenvalue weighted by atomic mass is 31.1. The first-order chi connectivity index (χ1) is 2.47. The van der Waals surface area contributed by atoms with Crippen LogP contribution in [0.25, 0.3) is 0 Å². The van der Waals surface area contributed by atoms with Crippen LogP contribution in [0.4, 0.5) is 0 Å². The predicted molar refractivity (Wildman–Crippen MR) is 25.1 cm³/mol. The second kappa shape index (κ2) is 0.586. The number of rotatable bonds is 0. The summed E-state index contributed by atoms with van der Waals surface area (Å²) in [4.78, 5) is 0. The molecule has 0 aliphatic carbocycles. The number of hydrogen-bond acceptors (Lipinski definition) is 0. The summed E-state index contributed by atoms with van der Waals surface area (Å²) in [5, 5.41) is 0. The lowest BCUT2D eigenvalue weighted by atomic mass is 10.4. The van der Waals surface area contributed by atoms with Crippen molar-refractivity contribution in [1.82, 2.24) is 0 Å². The molecule has 2 rings (SSSR count). The topological polar surface area (TPSA) is 0 Å². The zero-order chi connectivity index (χ0) is 3.28. The fourth-order valence-electron chi connectivity index (χ4n) is 0.900. The standard InChI is InChI=1S/C4H7P/c1-2-5-3-4(1)5/h4H,1-3H2/t4?,5-/m1/s1. The minimum atomic E-state index is 0.749. The molecule has 2 aliphatic rings. The zero-order valence-corrected chi connectivity index (χ0v) is 4.04. The Kier molecular flexibility index (Phi) is 0.302. The summed E-state index contributed by atoms with van der Waals surface area (Å²) in [6, 6.07) is 0. The van der Waals surface area contributed by atoms with E-state index in [0.29, 0.717) is 0 Å². The Bertz CT molecular complexity index is 48.7. The van der Waals surface area contributed by atoms with E-state index < -0.39 is 0 Å². The Balaban J connectivity index is 2.19. The van der Waals surface area contributed by atoms with Crippen molar-refractivity contribution in [2.24, 2.45) is 0 Å². The average Bonchev–Trinajstić information content (AvgIpc) is 1.74. The van der Waals surface area contributed by atoms with E-state index in [4.69, 9.17) is 0 Å². The first kappa shape index (κ1) is 2.58. The lowest BCUT2D eigenvalue weighted by molar-refractivity contribution is 0.952. The van der Waals surface area contributed by atoms with Gasteiger partial charge in [0.1, 0.15) is 0 Å². The van der Waals surface area contributed by atoms with Gasteiger partial charge in [0, 0.05) is 0 Å². The molecule has 2 aliphatic heterocycles. The first-order valence-electron chi connectivity index (χ1n) is 2.21. The Morgan fingerprint density at radius 1 is 1.60 bits per heavy atom. The second-order valence-electron chi connectivity index (χ2n) is 1.94. The molecule has 1 unspecified atom stereocenters. The molecule has 0 saturated carbocycles. The Hall–Kier alpha value is 0.430. The number of fused-ring (bicyclic) bond motifs is 1. The molecule has 0 nitrogen and oxygen atoms in total. The maximum Gasteiger partial charge on any atom is -0.0166 e. The van der Waals surface area contributed by atoms with Crippen LogP contribution in [0.1, 0.15) is 6.42 Å². The van der Waals surface area contributed by atoms with Crippen molar-refractivity contribution in [3.05, 3.63) is 0 Å². The van der Waals surface area contributed by atoms with Gasteiger partial charge >= 0.3 is 0 Å². The highest BCUT2D eigenvalue weighted by Crippen LogP contribution is 2.69. The van der Waals surface area contributed by atoms with Crippen molar-refractivity contribution in [3.63, 3.8) is 0 Å². The van der Waals surface area contributed by atoms with Crippen molar-refractivity contribution in [1.29, 1.82) is 0 Å². The van der Waals surface area contributed by atoms with Crippen LogP contribution in [0.15, 0.2) is 0 Å². The molecule has 2 fully saturated rings. The molecule has 2 atom stereocenters. The van der Waals surface area contributed by atoms with Gasteiger partial charge in [0.05, 0.1) is 0 Å². The quantitative estimate of drug-likeness (QED) is 0.389. The van der Waals surface area contributed by atoms with Crippen LogP contribution in [0.5, 0.6) is 0 Å². The SMILES string of the molecule is C1C[P@]2CC12. The van der Waals surface area contributed by atoms with Crippen molar-refractivity contribution in [3.8, 4) is 0 Å². The van der Waals surface area contributed by atoms with Crippen LogP contribution in [0, 0.1) is 0 Å². The minimum Gasteiger partial charge on any atom is -0.103 e. The average molecular weight is 86.1 g/mol. The van der Waals surface area contributed by atoms with Gasteiger partial charge in [-0.15, -0.1) is 7.92 Å². The minimum absolute atomic E-state index is 0.749. The molecule has 5 heavy (non-hydrogen) atoms. The maximum atomic E-state index is 1.65. The molecule has 0 spiro atoms. The highest BCUT2D eigenvalue weighted by Gasteiger charge is 2.44. The molecule has 2 heterocycles. The van der Waals surface area contributed by atoms with Gasteiger partial charge in [0.25, 0.3) is 0 Å². The summed E-state index contributed by atoms with van der Waals surface area (Å²) in [5.74, 6) is 0. The van der Waals surface area contributed by atoms with Crippen LogP contribution in [-0.2, 0) is 0 Å². The Labute approximate surface area is 33.3 Å². The Morgan fingerprint density at radius 3 is 2.40 bits per heavy atom. The van der Waals surface area contributed by atoms with Crippen LogP contribution in [0.2, 0.25) is 0 Å². The van der Waals surface area contributed by atoms with Crippen molar-refractivity contribution >= 4 is 7.92 Å². The van der Waals surface area contributed by atoms with Crippen molar-refractivity contribution in [2.45, 2.75) is 12.1 Å². The van der Waals surface area contributed by atoms with E-state index in [9.17, 15) is 0 Å². The summed E-state index contributed by atoms with van der Waals surface area (Å²) >= 11 is 0. The van der Waals surface area contributed by atoms with E-state index in [0.717, 1.165) is 7.92 Å². The van der Waals surface area contributed by atoms with E-state index in [1.807, 2.05) is 0 Å². The summed E-state index contributed by atoms with van der Waals surface area (Å²) < 4.78 is 0. The second-order valence-corrected chi connectivity index (χ2v) is 4.66. The van der Waals surface area contributed by atoms with E-state index >= 15 is 0 Å². The van der Waals surface area contributed by atoms with Crippen molar-refractivity contribution in [2.75, 3.05) is 12.3 Å². The van der Waals surface area contributed by atoms with Crippen LogP contribution in [-0.4, -0.2) is 18.0 Å². The molecular weight excluding hydrogens is 79.0 g/mol. The van der Waals surface area contributed by atoms with Crippen molar-refractivity contribution < 1.29 is 0 Å². The normalized spacial score (nSPS) is 57.6. The molecule has 0 amide bonds. The third-order valence-electron chi connectivity index (χ3n) is 1.58. The van der Waals surface area contributed by atoms with Gasteiger partial charge in [-0.1, -0.05) is 0 Å². The lowest BCUT2D eigenvalue weighted by Crippen LogP contribution is -1.92. The van der Waals surface area contributed by atoms with Crippen LogP contribution < -0.4 is 0 Å². The molecule has 0 radical (unpaired) electrons. The first-order valence-corrected chi connectivity index (χ1v) is 3.99. The van der Waals surface area contributed by atoms with Gasteiger partial charge in [-0.3, -0.25) is 0 Å². The third-order valence-corrected chi connectivity index (χ3v) is 4.32. The van der Waals surface area contributed by atoms with Gasteiger partial charge in [-0.05, 0) is 24.4 Å².